The lowest BCUT2D eigenvalue weighted by molar-refractivity contribution is -0.126. The van der Waals surface area contributed by atoms with Gasteiger partial charge in [-0.3, -0.25) is 14.4 Å². The number of nitrogens with zero attached hydrogens (tertiary/aromatic N) is 1. The molecule has 0 bridgehead atoms. The zero-order chi connectivity index (χ0) is 20.8. The van der Waals surface area contributed by atoms with Crippen molar-refractivity contribution >= 4 is 35.0 Å². The van der Waals surface area contributed by atoms with Crippen molar-refractivity contribution < 1.29 is 14.4 Å². The summed E-state index contributed by atoms with van der Waals surface area (Å²) < 4.78 is 0. The van der Waals surface area contributed by atoms with Gasteiger partial charge in [-0.15, -0.1) is 0 Å². The highest BCUT2D eigenvalue weighted by atomic mass is 35.5. The first-order chi connectivity index (χ1) is 14.0. The van der Waals surface area contributed by atoms with E-state index in [4.69, 9.17) is 11.6 Å². The van der Waals surface area contributed by atoms with Gasteiger partial charge >= 0.3 is 0 Å². The highest BCUT2D eigenvalue weighted by molar-refractivity contribution is 6.34. The number of nitrogens with one attached hydrogen (secondary N) is 2. The van der Waals surface area contributed by atoms with E-state index in [0.29, 0.717) is 41.5 Å². The van der Waals surface area contributed by atoms with Gasteiger partial charge in [0.2, 0.25) is 5.91 Å². The Balaban J connectivity index is 1.63. The summed E-state index contributed by atoms with van der Waals surface area (Å²) in [7, 11) is 0. The van der Waals surface area contributed by atoms with Crippen LogP contribution in [0.25, 0.3) is 0 Å². The summed E-state index contributed by atoms with van der Waals surface area (Å²) in [6.45, 7) is 3.54. The molecule has 2 aromatic rings. The van der Waals surface area contributed by atoms with Gasteiger partial charge in [-0.2, -0.15) is 0 Å². The van der Waals surface area contributed by atoms with Crippen LogP contribution >= 0.6 is 11.6 Å². The number of hydrogen-bond acceptors (Lipinski definition) is 3. The zero-order valence-corrected chi connectivity index (χ0v) is 17.0. The maximum absolute atomic E-state index is 12.8. The van der Waals surface area contributed by atoms with Crippen LogP contribution in [0.2, 0.25) is 5.02 Å². The first kappa shape index (κ1) is 20.9. The van der Waals surface area contributed by atoms with Crippen LogP contribution in [0.15, 0.2) is 48.5 Å². The number of carbonyl (C=O) groups excluding carboxylic acids is 3. The van der Waals surface area contributed by atoms with Crippen molar-refractivity contribution in [2.24, 2.45) is 5.92 Å². The molecule has 2 N–H and O–H groups in total. The monoisotopic (exact) mass is 413 g/mol. The van der Waals surface area contributed by atoms with E-state index in [-0.39, 0.29) is 23.6 Å². The van der Waals surface area contributed by atoms with Crippen LogP contribution < -0.4 is 10.6 Å². The number of benzene rings is 2. The normalized spacial score (nSPS) is 16.2. The van der Waals surface area contributed by atoms with Crippen LogP contribution in [0.1, 0.15) is 40.5 Å². The Morgan fingerprint density at radius 1 is 1.10 bits per heavy atom. The molecular formula is C22H24ClN3O3. The minimum atomic E-state index is -0.310. The summed E-state index contributed by atoms with van der Waals surface area (Å²) in [5.41, 5.74) is 1.49. The Morgan fingerprint density at radius 3 is 2.52 bits per heavy atom. The van der Waals surface area contributed by atoms with Gasteiger partial charge in [0.05, 0.1) is 16.5 Å². The fraction of sp³-hybridized carbons (Fsp3) is 0.318. The Morgan fingerprint density at radius 2 is 1.83 bits per heavy atom. The van der Waals surface area contributed by atoms with Gasteiger partial charge in [0.1, 0.15) is 0 Å². The number of hydrogen-bond donors (Lipinski definition) is 2. The molecule has 3 amide bonds. The first-order valence-electron chi connectivity index (χ1n) is 9.72. The minimum Gasteiger partial charge on any atom is -0.356 e. The molecule has 0 aliphatic carbocycles. The molecule has 29 heavy (non-hydrogen) atoms. The number of halogens is 1. The van der Waals surface area contributed by atoms with Crippen LogP contribution in [-0.2, 0) is 4.79 Å². The number of anilines is 1. The second kappa shape index (κ2) is 9.56. The maximum atomic E-state index is 12.8. The van der Waals surface area contributed by atoms with Gasteiger partial charge in [0.15, 0.2) is 0 Å². The van der Waals surface area contributed by atoms with E-state index in [1.807, 2.05) is 6.92 Å². The van der Waals surface area contributed by atoms with Crippen molar-refractivity contribution in [2.45, 2.75) is 19.8 Å². The second-order valence-corrected chi connectivity index (χ2v) is 7.40. The summed E-state index contributed by atoms with van der Waals surface area (Å²) >= 11 is 6.05. The molecule has 6 nitrogen and oxygen atoms in total. The van der Waals surface area contributed by atoms with Crippen LogP contribution in [0.5, 0.6) is 0 Å². The fourth-order valence-corrected chi connectivity index (χ4v) is 3.64. The standard InChI is InChI=1S/C22H24ClN3O3/c1-2-24-20(27)16-6-5-13-26(14-16)22(29)15-9-11-17(12-10-15)25-21(28)18-7-3-4-8-19(18)23/h3-4,7-12,16H,2,5-6,13-14H2,1H3,(H,24,27)(H,25,28)/t16-/m1/s1. The first-order valence-corrected chi connectivity index (χ1v) is 10.1. The third-order valence-electron chi connectivity index (χ3n) is 4.94. The van der Waals surface area contributed by atoms with Gasteiger partial charge in [0, 0.05) is 30.9 Å². The molecule has 0 spiro atoms. The molecular weight excluding hydrogens is 390 g/mol. The van der Waals surface area contributed by atoms with E-state index in [1.165, 1.54) is 0 Å². The summed E-state index contributed by atoms with van der Waals surface area (Å²) in [6.07, 6.45) is 1.60. The Kier molecular flexibility index (Phi) is 6.88. The van der Waals surface area contributed by atoms with Crippen LogP contribution in [0.3, 0.4) is 0 Å². The molecule has 0 radical (unpaired) electrons. The molecule has 1 fully saturated rings. The number of rotatable bonds is 5. The average molecular weight is 414 g/mol. The van der Waals surface area contributed by atoms with Crippen molar-refractivity contribution in [2.75, 3.05) is 25.0 Å². The summed E-state index contributed by atoms with van der Waals surface area (Å²) in [5.74, 6) is -0.581. The Hall–Kier alpha value is -2.86. The third kappa shape index (κ3) is 5.15. The molecule has 3 rings (SSSR count). The molecule has 1 heterocycles. The predicted molar refractivity (Wildman–Crippen MR) is 113 cm³/mol. The van der Waals surface area contributed by atoms with Gasteiger partial charge in [-0.25, -0.2) is 0 Å². The Labute approximate surface area is 175 Å². The van der Waals surface area contributed by atoms with E-state index in [0.717, 1.165) is 12.8 Å². The largest absolute Gasteiger partial charge is 0.356 e. The lowest BCUT2D eigenvalue weighted by atomic mass is 9.96. The smallest absolute Gasteiger partial charge is 0.257 e. The molecule has 0 aromatic heterocycles. The van der Waals surface area contributed by atoms with Gasteiger partial charge in [0.25, 0.3) is 11.8 Å². The maximum Gasteiger partial charge on any atom is 0.257 e. The molecule has 1 aliphatic rings. The van der Waals surface area contributed by atoms with E-state index >= 15 is 0 Å². The molecule has 1 saturated heterocycles. The van der Waals surface area contributed by atoms with Gasteiger partial charge in [-0.1, -0.05) is 23.7 Å². The van der Waals surface area contributed by atoms with Crippen molar-refractivity contribution in [1.82, 2.24) is 10.2 Å². The SMILES string of the molecule is CCNC(=O)[C@@H]1CCCN(C(=O)c2ccc(NC(=O)c3ccccc3Cl)cc2)C1. The van der Waals surface area contributed by atoms with E-state index in [2.05, 4.69) is 10.6 Å². The fourth-order valence-electron chi connectivity index (χ4n) is 3.42. The van der Waals surface area contributed by atoms with Crippen molar-refractivity contribution in [1.29, 1.82) is 0 Å². The number of piperidine rings is 1. The topological polar surface area (TPSA) is 78.5 Å². The zero-order valence-electron chi connectivity index (χ0n) is 16.3. The molecule has 0 unspecified atom stereocenters. The highest BCUT2D eigenvalue weighted by Gasteiger charge is 2.28. The molecule has 2 aromatic carbocycles. The van der Waals surface area contributed by atoms with Crippen LogP contribution in [0.4, 0.5) is 5.69 Å². The van der Waals surface area contributed by atoms with E-state index in [9.17, 15) is 14.4 Å². The van der Waals surface area contributed by atoms with Crippen molar-refractivity contribution in [3.8, 4) is 0 Å². The van der Waals surface area contributed by atoms with Crippen LogP contribution in [0, 0.1) is 5.92 Å². The van der Waals surface area contributed by atoms with E-state index < -0.39 is 0 Å². The predicted octanol–water partition coefficient (Wildman–Crippen LogP) is 3.58. The number of carbonyl (C=O) groups is 3. The lowest BCUT2D eigenvalue weighted by Crippen LogP contribution is -2.45. The quantitative estimate of drug-likeness (QED) is 0.786. The summed E-state index contributed by atoms with van der Waals surface area (Å²) in [4.78, 5) is 39.0. The van der Waals surface area contributed by atoms with Crippen molar-refractivity contribution in [3.63, 3.8) is 0 Å². The number of amides is 3. The molecule has 0 saturated carbocycles. The summed E-state index contributed by atoms with van der Waals surface area (Å²) in [5, 5.41) is 5.99. The third-order valence-corrected chi connectivity index (χ3v) is 5.27. The molecule has 1 atom stereocenters. The second-order valence-electron chi connectivity index (χ2n) is 7.00. The molecule has 1 aliphatic heterocycles. The lowest BCUT2D eigenvalue weighted by Gasteiger charge is -2.32. The molecule has 7 heteroatoms. The Bertz CT molecular complexity index is 898. The minimum absolute atomic E-state index is 0.00244. The van der Waals surface area contributed by atoms with E-state index in [1.54, 1.807) is 53.4 Å². The molecule has 152 valence electrons. The van der Waals surface area contributed by atoms with Crippen LogP contribution in [-0.4, -0.2) is 42.3 Å². The van der Waals surface area contributed by atoms with Crippen molar-refractivity contribution in [3.05, 3.63) is 64.7 Å². The highest BCUT2D eigenvalue weighted by Crippen LogP contribution is 2.21. The number of likely N-dealkylation sites (tertiary alicyclic amines) is 1. The average Bonchev–Trinajstić information content (AvgIpc) is 2.74. The van der Waals surface area contributed by atoms with Gasteiger partial charge < -0.3 is 15.5 Å². The summed E-state index contributed by atoms with van der Waals surface area (Å²) in [6, 6.07) is 13.6. The van der Waals surface area contributed by atoms with Gasteiger partial charge in [-0.05, 0) is 56.2 Å².